The molecular weight excluding hydrogens is 298 g/mol. The van der Waals surface area contributed by atoms with Crippen LogP contribution < -0.4 is 4.90 Å². The highest BCUT2D eigenvalue weighted by Crippen LogP contribution is 2.27. The van der Waals surface area contributed by atoms with Gasteiger partial charge in [-0.1, -0.05) is 0 Å². The molecule has 0 radical (unpaired) electrons. The van der Waals surface area contributed by atoms with Gasteiger partial charge in [-0.2, -0.15) is 0 Å². The zero-order chi connectivity index (χ0) is 16.5. The second kappa shape index (κ2) is 6.73. The maximum atomic E-state index is 4.78. The number of piperidine rings is 1. The number of hydrogen-bond donors (Lipinski definition) is 1. The number of nitrogens with zero attached hydrogens (tertiary/aromatic N) is 4. The van der Waals surface area contributed by atoms with Crippen molar-refractivity contribution in [1.29, 1.82) is 0 Å². The van der Waals surface area contributed by atoms with Gasteiger partial charge in [-0.25, -0.2) is 4.98 Å². The number of fused-ring (bicyclic) bond motifs is 1. The third-order valence-electron chi connectivity index (χ3n) is 6.05. The highest BCUT2D eigenvalue weighted by molar-refractivity contribution is 5.77. The molecule has 5 heteroatoms. The van der Waals surface area contributed by atoms with Gasteiger partial charge in [0.25, 0.3) is 0 Å². The maximum Gasteiger partial charge on any atom is 0.139 e. The van der Waals surface area contributed by atoms with E-state index in [-0.39, 0.29) is 0 Å². The SMILES string of the molecule is C[C@@H](C1CCN(c2ccc3cc[nH]c3n2)CC1)N1CCN(C)CC1. The number of hydrogen-bond acceptors (Lipinski definition) is 4. The van der Waals surface area contributed by atoms with Gasteiger partial charge in [-0.05, 0) is 50.9 Å². The molecule has 0 unspecified atom stereocenters. The first-order valence-corrected chi connectivity index (χ1v) is 9.32. The van der Waals surface area contributed by atoms with Crippen LogP contribution in [0.15, 0.2) is 24.4 Å². The molecule has 0 bridgehead atoms. The highest BCUT2D eigenvalue weighted by Gasteiger charge is 2.29. The summed E-state index contributed by atoms with van der Waals surface area (Å²) in [5, 5.41) is 1.19. The summed E-state index contributed by atoms with van der Waals surface area (Å²) in [7, 11) is 2.23. The monoisotopic (exact) mass is 327 g/mol. The Bertz CT molecular complexity index is 665. The third kappa shape index (κ3) is 3.15. The standard InChI is InChI=1S/C19H29N5/c1-15(23-13-11-22(2)12-14-23)16-6-9-24(10-7-16)18-4-3-17-5-8-20-19(17)21-18/h3-5,8,15-16H,6-7,9-14H2,1-2H3,(H,20,21)/t15-/m0/s1. The van der Waals surface area contributed by atoms with E-state index in [0.717, 1.165) is 30.5 Å². The Kier molecular flexibility index (Phi) is 4.46. The number of aromatic amines is 1. The largest absolute Gasteiger partial charge is 0.357 e. The van der Waals surface area contributed by atoms with Crippen molar-refractivity contribution in [3.05, 3.63) is 24.4 Å². The molecule has 130 valence electrons. The van der Waals surface area contributed by atoms with Crippen molar-refractivity contribution in [1.82, 2.24) is 19.8 Å². The van der Waals surface area contributed by atoms with Crippen molar-refractivity contribution in [2.24, 2.45) is 5.92 Å². The molecular formula is C19H29N5. The minimum Gasteiger partial charge on any atom is -0.357 e. The van der Waals surface area contributed by atoms with Gasteiger partial charge in [0.2, 0.25) is 0 Å². The molecule has 0 aliphatic carbocycles. The van der Waals surface area contributed by atoms with Crippen molar-refractivity contribution < 1.29 is 0 Å². The highest BCUT2D eigenvalue weighted by atomic mass is 15.3. The molecule has 2 aromatic heterocycles. The molecule has 2 aromatic rings. The summed E-state index contributed by atoms with van der Waals surface area (Å²) >= 11 is 0. The van der Waals surface area contributed by atoms with Gasteiger partial charge in [0.15, 0.2) is 0 Å². The molecule has 24 heavy (non-hydrogen) atoms. The Morgan fingerprint density at radius 1 is 1.04 bits per heavy atom. The van der Waals surface area contributed by atoms with Gasteiger partial charge in [0.1, 0.15) is 11.5 Å². The van der Waals surface area contributed by atoms with Crippen molar-refractivity contribution >= 4 is 16.9 Å². The minimum absolute atomic E-state index is 0.708. The first kappa shape index (κ1) is 15.9. The summed E-state index contributed by atoms with van der Waals surface area (Å²) in [5.41, 5.74) is 1.00. The summed E-state index contributed by atoms with van der Waals surface area (Å²) in [6, 6.07) is 7.13. The average Bonchev–Trinajstić information content (AvgIpc) is 3.09. The van der Waals surface area contributed by atoms with E-state index in [2.05, 4.69) is 51.9 Å². The average molecular weight is 327 g/mol. The molecule has 1 atom stereocenters. The number of pyridine rings is 1. The lowest BCUT2D eigenvalue weighted by Crippen LogP contribution is -2.51. The van der Waals surface area contributed by atoms with E-state index < -0.39 is 0 Å². The topological polar surface area (TPSA) is 38.4 Å². The molecule has 2 saturated heterocycles. The number of H-pyrrole nitrogens is 1. The van der Waals surface area contributed by atoms with E-state index in [1.165, 1.54) is 44.4 Å². The summed E-state index contributed by atoms with van der Waals surface area (Å²) < 4.78 is 0. The van der Waals surface area contributed by atoms with Crippen LogP contribution in [0.2, 0.25) is 0 Å². The summed E-state index contributed by atoms with van der Waals surface area (Å²) in [5.74, 6) is 1.94. The van der Waals surface area contributed by atoms with E-state index in [9.17, 15) is 0 Å². The number of aromatic nitrogens is 2. The van der Waals surface area contributed by atoms with Crippen LogP contribution in [0.4, 0.5) is 5.82 Å². The van der Waals surface area contributed by atoms with Crippen LogP contribution in [0.5, 0.6) is 0 Å². The summed E-state index contributed by atoms with van der Waals surface area (Å²) in [6.45, 7) is 9.57. The molecule has 2 fully saturated rings. The number of rotatable bonds is 3. The second-order valence-corrected chi connectivity index (χ2v) is 7.49. The van der Waals surface area contributed by atoms with Crippen LogP contribution in [0.1, 0.15) is 19.8 Å². The Labute approximate surface area is 144 Å². The molecule has 0 aromatic carbocycles. The van der Waals surface area contributed by atoms with Crippen LogP contribution in [0.25, 0.3) is 11.0 Å². The van der Waals surface area contributed by atoms with Crippen molar-refractivity contribution in [3.8, 4) is 0 Å². The number of piperazine rings is 1. The normalized spacial score (nSPS) is 23.0. The van der Waals surface area contributed by atoms with Crippen LogP contribution >= 0.6 is 0 Å². The second-order valence-electron chi connectivity index (χ2n) is 7.49. The maximum absolute atomic E-state index is 4.78. The zero-order valence-corrected chi connectivity index (χ0v) is 14.9. The number of likely N-dealkylation sites (N-methyl/N-ethyl adjacent to an activating group) is 1. The molecule has 4 rings (SSSR count). The third-order valence-corrected chi connectivity index (χ3v) is 6.05. The Hall–Kier alpha value is -1.59. The predicted octanol–water partition coefficient (Wildman–Crippen LogP) is 2.42. The molecule has 2 aliphatic heterocycles. The molecule has 0 spiro atoms. The van der Waals surface area contributed by atoms with Gasteiger partial charge < -0.3 is 14.8 Å². The van der Waals surface area contributed by atoms with Gasteiger partial charge in [0, 0.05) is 56.9 Å². The lowest BCUT2D eigenvalue weighted by Gasteiger charge is -2.42. The molecule has 0 saturated carbocycles. The number of anilines is 1. The fourth-order valence-corrected chi connectivity index (χ4v) is 4.23. The van der Waals surface area contributed by atoms with Crippen LogP contribution in [0.3, 0.4) is 0 Å². The first-order valence-electron chi connectivity index (χ1n) is 9.32. The van der Waals surface area contributed by atoms with E-state index in [1.807, 2.05) is 6.20 Å². The molecule has 2 aliphatic rings. The summed E-state index contributed by atoms with van der Waals surface area (Å²) in [6.07, 6.45) is 4.52. The van der Waals surface area contributed by atoms with Crippen LogP contribution in [-0.4, -0.2) is 72.1 Å². The molecule has 0 amide bonds. The Morgan fingerprint density at radius 3 is 2.54 bits per heavy atom. The Morgan fingerprint density at radius 2 is 1.79 bits per heavy atom. The quantitative estimate of drug-likeness (QED) is 0.940. The Balaban J connectivity index is 1.35. The lowest BCUT2D eigenvalue weighted by atomic mass is 9.89. The van der Waals surface area contributed by atoms with E-state index >= 15 is 0 Å². The number of nitrogens with one attached hydrogen (secondary N) is 1. The van der Waals surface area contributed by atoms with Gasteiger partial charge in [-0.3, -0.25) is 4.90 Å². The van der Waals surface area contributed by atoms with E-state index in [1.54, 1.807) is 0 Å². The fraction of sp³-hybridized carbons (Fsp3) is 0.632. The van der Waals surface area contributed by atoms with Crippen molar-refractivity contribution in [3.63, 3.8) is 0 Å². The molecule has 1 N–H and O–H groups in total. The van der Waals surface area contributed by atoms with E-state index in [0.29, 0.717) is 6.04 Å². The predicted molar refractivity (Wildman–Crippen MR) is 99.6 cm³/mol. The fourth-order valence-electron chi connectivity index (χ4n) is 4.23. The van der Waals surface area contributed by atoms with Gasteiger partial charge in [0.05, 0.1) is 0 Å². The van der Waals surface area contributed by atoms with Crippen LogP contribution in [-0.2, 0) is 0 Å². The van der Waals surface area contributed by atoms with Gasteiger partial charge in [-0.15, -0.1) is 0 Å². The van der Waals surface area contributed by atoms with Crippen LogP contribution in [0, 0.1) is 5.92 Å². The van der Waals surface area contributed by atoms with Crippen molar-refractivity contribution in [2.75, 3.05) is 51.2 Å². The summed E-state index contributed by atoms with van der Waals surface area (Å²) in [4.78, 5) is 15.6. The minimum atomic E-state index is 0.708. The molecule has 5 nitrogen and oxygen atoms in total. The molecule has 4 heterocycles. The van der Waals surface area contributed by atoms with Crippen molar-refractivity contribution in [2.45, 2.75) is 25.8 Å². The zero-order valence-electron chi connectivity index (χ0n) is 14.9. The first-order chi connectivity index (χ1) is 11.7. The van der Waals surface area contributed by atoms with Gasteiger partial charge >= 0.3 is 0 Å². The smallest absolute Gasteiger partial charge is 0.139 e. The lowest BCUT2D eigenvalue weighted by molar-refractivity contribution is 0.0813. The van der Waals surface area contributed by atoms with E-state index in [4.69, 9.17) is 4.98 Å².